The first-order valence-corrected chi connectivity index (χ1v) is 8.06. The molecule has 0 bridgehead atoms. The molecule has 1 N–H and O–H groups in total. The number of halogens is 2. The minimum atomic E-state index is -0.286. The van der Waals surface area contributed by atoms with E-state index in [1.807, 2.05) is 0 Å². The van der Waals surface area contributed by atoms with Crippen LogP contribution in [0.4, 0.5) is 0 Å². The third-order valence-electron chi connectivity index (χ3n) is 3.56. The van der Waals surface area contributed by atoms with E-state index in [-0.39, 0.29) is 16.4 Å². The first kappa shape index (κ1) is 17.3. The molecule has 0 aliphatic heterocycles. The van der Waals surface area contributed by atoms with Crippen molar-refractivity contribution in [3.05, 3.63) is 63.2 Å². The number of hydrogen-bond donors (Lipinski definition) is 1. The minimum absolute atomic E-state index is 0.253. The molecule has 128 valence electrons. The van der Waals surface area contributed by atoms with Gasteiger partial charge in [-0.25, -0.2) is 4.98 Å². The van der Waals surface area contributed by atoms with Gasteiger partial charge >= 0.3 is 0 Å². The van der Waals surface area contributed by atoms with Crippen LogP contribution < -0.4 is 15.0 Å². The van der Waals surface area contributed by atoms with Gasteiger partial charge in [0.2, 0.25) is 0 Å². The number of H-pyrrole nitrogens is 1. The molecule has 3 rings (SSSR count). The van der Waals surface area contributed by atoms with Crippen LogP contribution in [0.5, 0.6) is 11.5 Å². The lowest BCUT2D eigenvalue weighted by Crippen LogP contribution is -2.10. The van der Waals surface area contributed by atoms with Crippen molar-refractivity contribution in [3.63, 3.8) is 0 Å². The number of benzene rings is 2. The molecule has 0 saturated carbocycles. The fraction of sp³-hybridized carbons (Fsp3) is 0.111. The summed E-state index contributed by atoms with van der Waals surface area (Å²) in [5.41, 5.74) is 0.933. The number of nitrogens with one attached hydrogen (secondary N) is 1. The van der Waals surface area contributed by atoms with E-state index in [2.05, 4.69) is 9.97 Å². The predicted octanol–water partition coefficient (Wildman–Crippen LogP) is 4.33. The van der Waals surface area contributed by atoms with Crippen molar-refractivity contribution < 1.29 is 9.47 Å². The van der Waals surface area contributed by atoms with E-state index in [9.17, 15) is 4.79 Å². The van der Waals surface area contributed by atoms with E-state index >= 15 is 0 Å². The van der Waals surface area contributed by atoms with Crippen LogP contribution in [0.3, 0.4) is 0 Å². The number of nitrogens with zero attached hydrogens (tertiary/aromatic N) is 1. The van der Waals surface area contributed by atoms with E-state index in [0.717, 1.165) is 5.56 Å². The van der Waals surface area contributed by atoms with Crippen LogP contribution in [-0.2, 0) is 0 Å². The molecule has 0 atom stereocenters. The average molecular weight is 377 g/mol. The zero-order chi connectivity index (χ0) is 18.0. The Morgan fingerprint density at radius 1 is 1.12 bits per heavy atom. The van der Waals surface area contributed by atoms with Gasteiger partial charge in [-0.1, -0.05) is 23.2 Å². The molecule has 0 aliphatic rings. The lowest BCUT2D eigenvalue weighted by molar-refractivity contribution is 0.394. The Hall–Kier alpha value is -2.50. The summed E-state index contributed by atoms with van der Waals surface area (Å²) in [6, 6.07) is 10.2. The van der Waals surface area contributed by atoms with E-state index in [4.69, 9.17) is 32.7 Å². The lowest BCUT2D eigenvalue weighted by atomic mass is 10.2. The predicted molar refractivity (Wildman–Crippen MR) is 101 cm³/mol. The number of fused-ring (bicyclic) bond motifs is 1. The molecule has 5 nitrogen and oxygen atoms in total. The smallest absolute Gasteiger partial charge is 0.259 e. The summed E-state index contributed by atoms with van der Waals surface area (Å²) in [6.07, 6.45) is 1.67. The van der Waals surface area contributed by atoms with Crippen molar-refractivity contribution in [1.29, 1.82) is 0 Å². The van der Waals surface area contributed by atoms with Crippen molar-refractivity contribution in [2.45, 2.75) is 0 Å². The lowest BCUT2D eigenvalue weighted by Gasteiger charge is -2.07. The summed E-state index contributed by atoms with van der Waals surface area (Å²) < 4.78 is 10.5. The molecule has 0 amide bonds. The molecule has 25 heavy (non-hydrogen) atoms. The maximum Gasteiger partial charge on any atom is 0.259 e. The Bertz CT molecular complexity index is 1010. The normalized spacial score (nSPS) is 11.6. The van der Waals surface area contributed by atoms with Crippen LogP contribution in [0.15, 0.2) is 41.2 Å². The van der Waals surface area contributed by atoms with E-state index in [0.29, 0.717) is 27.4 Å². The fourth-order valence-corrected chi connectivity index (χ4v) is 2.73. The Morgan fingerprint density at radius 3 is 2.44 bits per heavy atom. The Kier molecular flexibility index (Phi) is 4.97. The van der Waals surface area contributed by atoms with Crippen molar-refractivity contribution in [2.24, 2.45) is 0 Å². The van der Waals surface area contributed by atoms with Crippen LogP contribution in [0.25, 0.3) is 22.0 Å². The summed E-state index contributed by atoms with van der Waals surface area (Å²) in [5.74, 6) is 1.51. The summed E-state index contributed by atoms with van der Waals surface area (Å²) in [4.78, 5) is 19.3. The van der Waals surface area contributed by atoms with Crippen LogP contribution >= 0.6 is 23.2 Å². The van der Waals surface area contributed by atoms with Gasteiger partial charge in [-0.2, -0.15) is 0 Å². The number of hydrogen-bond acceptors (Lipinski definition) is 4. The van der Waals surface area contributed by atoms with Crippen LogP contribution in [0.2, 0.25) is 5.02 Å². The maximum atomic E-state index is 12.2. The Labute approximate surface area is 153 Å². The minimum Gasteiger partial charge on any atom is -0.497 e. The molecule has 0 unspecified atom stereocenters. The molecule has 2 aromatic carbocycles. The molecule has 1 heterocycles. The van der Waals surface area contributed by atoms with Crippen LogP contribution in [-0.4, -0.2) is 24.2 Å². The first-order valence-electron chi connectivity index (χ1n) is 7.30. The third-order valence-corrected chi connectivity index (χ3v) is 4.09. The second kappa shape index (κ2) is 7.17. The highest BCUT2D eigenvalue weighted by Crippen LogP contribution is 2.27. The maximum absolute atomic E-state index is 12.2. The van der Waals surface area contributed by atoms with Gasteiger partial charge in [-0.3, -0.25) is 4.79 Å². The fourth-order valence-electron chi connectivity index (χ4n) is 2.35. The van der Waals surface area contributed by atoms with E-state index in [1.165, 1.54) is 0 Å². The highest BCUT2D eigenvalue weighted by atomic mass is 35.5. The molecular formula is C18H14Cl2N2O3. The molecule has 0 fully saturated rings. The number of ether oxygens (including phenoxy) is 2. The molecule has 3 aromatic rings. The van der Waals surface area contributed by atoms with Crippen molar-refractivity contribution in [1.82, 2.24) is 9.97 Å². The Balaban J connectivity index is 2.08. The molecule has 1 aromatic heterocycles. The quantitative estimate of drug-likeness (QED) is 0.735. The van der Waals surface area contributed by atoms with E-state index in [1.54, 1.807) is 56.7 Å². The number of aromatic amines is 1. The summed E-state index contributed by atoms with van der Waals surface area (Å²) in [7, 11) is 3.13. The van der Waals surface area contributed by atoms with Crippen molar-refractivity contribution in [2.75, 3.05) is 14.2 Å². The standard InChI is InChI=1S/C18H14Cl2N2O3/c1-24-12-5-10(6-13(9-12)25-2)7-15(20)17-21-16-8-11(19)3-4-14(16)18(23)22-17/h3-9H,1-2H3,(H,21,22,23). The largest absolute Gasteiger partial charge is 0.497 e. The molecule has 0 aliphatic carbocycles. The van der Waals surface area contributed by atoms with Gasteiger partial charge in [0.1, 0.15) is 11.5 Å². The summed E-state index contributed by atoms with van der Waals surface area (Å²) >= 11 is 12.3. The highest BCUT2D eigenvalue weighted by molar-refractivity contribution is 6.50. The number of rotatable bonds is 4. The van der Waals surface area contributed by atoms with Gasteiger partial charge < -0.3 is 14.5 Å². The molecule has 0 saturated heterocycles. The van der Waals surface area contributed by atoms with Crippen LogP contribution in [0, 0.1) is 0 Å². The van der Waals surface area contributed by atoms with Gasteiger partial charge in [-0.05, 0) is 42.0 Å². The molecule has 7 heteroatoms. The van der Waals surface area contributed by atoms with E-state index < -0.39 is 0 Å². The zero-order valence-corrected chi connectivity index (χ0v) is 15.0. The van der Waals surface area contributed by atoms with Gasteiger partial charge in [-0.15, -0.1) is 0 Å². The second-order valence-corrected chi connectivity index (χ2v) is 6.06. The number of aromatic nitrogens is 2. The zero-order valence-electron chi connectivity index (χ0n) is 13.5. The Morgan fingerprint density at radius 2 is 1.80 bits per heavy atom. The first-order chi connectivity index (χ1) is 12.0. The van der Waals surface area contributed by atoms with Gasteiger partial charge in [0.25, 0.3) is 5.56 Å². The average Bonchev–Trinajstić information content (AvgIpc) is 2.60. The monoisotopic (exact) mass is 376 g/mol. The van der Waals surface area contributed by atoms with Gasteiger partial charge in [0, 0.05) is 11.1 Å². The summed E-state index contributed by atoms with van der Waals surface area (Å²) in [5, 5.41) is 1.21. The molecule has 0 radical (unpaired) electrons. The van der Waals surface area contributed by atoms with Gasteiger partial charge in [0.15, 0.2) is 5.82 Å². The topological polar surface area (TPSA) is 64.2 Å². The highest BCUT2D eigenvalue weighted by Gasteiger charge is 2.08. The van der Waals surface area contributed by atoms with Crippen molar-refractivity contribution >= 4 is 45.2 Å². The summed E-state index contributed by atoms with van der Waals surface area (Å²) in [6.45, 7) is 0. The third kappa shape index (κ3) is 3.78. The SMILES string of the molecule is COc1cc(C=C(Cl)c2nc3cc(Cl)ccc3c(=O)[nH]2)cc(OC)c1. The van der Waals surface area contributed by atoms with Crippen LogP contribution in [0.1, 0.15) is 11.4 Å². The number of methoxy groups -OCH3 is 2. The second-order valence-electron chi connectivity index (χ2n) is 5.21. The van der Waals surface area contributed by atoms with Crippen molar-refractivity contribution in [3.8, 4) is 11.5 Å². The molecule has 0 spiro atoms. The molecular weight excluding hydrogens is 363 g/mol. The van der Waals surface area contributed by atoms with Gasteiger partial charge in [0.05, 0.1) is 30.2 Å².